The Labute approximate surface area is 254 Å². The number of nitrogens with one attached hydrogen (secondary N) is 2. The van der Waals surface area contributed by atoms with Crippen molar-refractivity contribution in [1.29, 1.82) is 5.41 Å². The van der Waals surface area contributed by atoms with Gasteiger partial charge in [0.25, 0.3) is 0 Å². The average molecular weight is 610 g/mol. The monoisotopic (exact) mass is 609 g/mol. The first-order valence-electron chi connectivity index (χ1n) is 15.1. The second-order valence-electron chi connectivity index (χ2n) is 11.6. The lowest BCUT2D eigenvalue weighted by Crippen LogP contribution is -2.44. The smallest absolute Gasteiger partial charge is 0.227 e. The molecule has 0 aromatic heterocycles. The topological polar surface area (TPSA) is 154 Å². The number of nitrogens with zero attached hydrogens (tertiary/aromatic N) is 2. The molecule has 10 nitrogen and oxygen atoms in total. The molecule has 43 heavy (non-hydrogen) atoms. The molecule has 2 aliphatic rings. The summed E-state index contributed by atoms with van der Waals surface area (Å²) in [5.41, 5.74) is 7.50. The number of nitrogen functional groups attached to an aromatic ring is 1. The van der Waals surface area contributed by atoms with Crippen LogP contribution in [0, 0.1) is 17.2 Å². The Kier molecular flexibility index (Phi) is 11.0. The molecule has 2 aliphatic heterocycles. The van der Waals surface area contributed by atoms with Crippen LogP contribution in [0.1, 0.15) is 62.5 Å². The summed E-state index contributed by atoms with van der Waals surface area (Å²) in [5, 5.41) is 10.4. The van der Waals surface area contributed by atoms with Crippen LogP contribution >= 0.6 is 0 Å². The fourth-order valence-corrected chi connectivity index (χ4v) is 7.60. The third-order valence-corrected chi connectivity index (χ3v) is 10.3. The molecule has 0 spiro atoms. The van der Waals surface area contributed by atoms with Crippen molar-refractivity contribution in [3.8, 4) is 0 Å². The number of sulfone groups is 1. The fourth-order valence-electron chi connectivity index (χ4n) is 6.03. The van der Waals surface area contributed by atoms with Crippen molar-refractivity contribution in [2.24, 2.45) is 17.6 Å². The molecule has 11 heteroatoms. The number of amidine groups is 1. The molecule has 232 valence electrons. The van der Waals surface area contributed by atoms with E-state index in [9.17, 15) is 22.8 Å². The molecule has 1 atom stereocenters. The average Bonchev–Trinajstić information content (AvgIpc) is 3.01. The van der Waals surface area contributed by atoms with Gasteiger partial charge in [-0.15, -0.1) is 0 Å². The van der Waals surface area contributed by atoms with Crippen LogP contribution in [0.3, 0.4) is 0 Å². The minimum Gasteiger partial charge on any atom is -0.384 e. The Hall–Kier alpha value is -3.73. The Morgan fingerprint density at radius 3 is 2.51 bits per heavy atom. The number of nitrogens with two attached hydrogens (primary N) is 1. The summed E-state index contributed by atoms with van der Waals surface area (Å²) < 4.78 is 27.6. The van der Waals surface area contributed by atoms with E-state index in [1.165, 1.54) is 6.07 Å². The Morgan fingerprint density at radius 1 is 1.07 bits per heavy atom. The predicted octanol–water partition coefficient (Wildman–Crippen LogP) is 3.28. The maximum atomic E-state index is 13.9. The van der Waals surface area contributed by atoms with Gasteiger partial charge in [0, 0.05) is 50.8 Å². The number of hydrogen-bond donors (Lipinski definition) is 3. The van der Waals surface area contributed by atoms with Crippen LogP contribution in [0.5, 0.6) is 0 Å². The van der Waals surface area contributed by atoms with E-state index in [2.05, 4.69) is 5.32 Å². The maximum Gasteiger partial charge on any atom is 0.227 e. The van der Waals surface area contributed by atoms with Crippen molar-refractivity contribution in [1.82, 2.24) is 10.2 Å². The molecular formula is C32H43N5O5S. The molecule has 2 heterocycles. The normalized spacial score (nSPS) is 17.0. The molecule has 2 aromatic carbocycles. The van der Waals surface area contributed by atoms with Crippen molar-refractivity contribution in [2.45, 2.75) is 62.7 Å². The summed E-state index contributed by atoms with van der Waals surface area (Å²) in [4.78, 5) is 41.5. The highest BCUT2D eigenvalue weighted by molar-refractivity contribution is 7.91. The molecule has 0 aliphatic carbocycles. The first kappa shape index (κ1) is 32.2. The standard InChI is InChI=1S/C32H43N5O5S/c1-35-29(38)12-5-7-23-14-17-36(18-15-23)32(40)26(20-24-8-4-9-25(19-24)31(33)34)22-43(41,42)28-11-6-10-27(21-28)37-16-3-2-13-30(37)39/h4,6,8-11,19,21,23,26H,2-3,5,7,12-18,20,22H2,1H3,(H3,33,34)(H,35,38)/t26-/m1/s1. The summed E-state index contributed by atoms with van der Waals surface area (Å²) in [6.07, 6.45) is 6.15. The Morgan fingerprint density at radius 2 is 1.81 bits per heavy atom. The van der Waals surface area contributed by atoms with Crippen molar-refractivity contribution >= 4 is 39.1 Å². The van der Waals surface area contributed by atoms with Crippen molar-refractivity contribution in [3.63, 3.8) is 0 Å². The summed E-state index contributed by atoms with van der Waals surface area (Å²) in [5.74, 6) is -1.09. The molecule has 0 radical (unpaired) electrons. The third kappa shape index (κ3) is 8.65. The number of hydrogen-bond acceptors (Lipinski definition) is 6. The molecule has 4 N–H and O–H groups in total. The van der Waals surface area contributed by atoms with E-state index in [1.54, 1.807) is 53.2 Å². The summed E-state index contributed by atoms with van der Waals surface area (Å²) >= 11 is 0. The number of carbonyl (C=O) groups is 3. The SMILES string of the molecule is CNC(=O)CCCC1CCN(C(=O)[C@H](Cc2cccc(C(=N)N)c2)CS(=O)(=O)c2cccc(N3CCCCC3=O)c2)CC1. The van der Waals surface area contributed by atoms with Gasteiger partial charge in [-0.1, -0.05) is 24.3 Å². The predicted molar refractivity (Wildman–Crippen MR) is 167 cm³/mol. The maximum absolute atomic E-state index is 13.9. The summed E-state index contributed by atoms with van der Waals surface area (Å²) in [6, 6.07) is 13.5. The van der Waals surface area contributed by atoms with E-state index in [4.69, 9.17) is 11.1 Å². The lowest BCUT2D eigenvalue weighted by atomic mass is 9.90. The van der Waals surface area contributed by atoms with Gasteiger partial charge < -0.3 is 20.9 Å². The lowest BCUT2D eigenvalue weighted by molar-refractivity contribution is -0.136. The molecule has 0 unspecified atom stereocenters. The zero-order valence-corrected chi connectivity index (χ0v) is 25.7. The molecule has 4 rings (SSSR count). The van der Waals surface area contributed by atoms with Gasteiger partial charge in [0.05, 0.1) is 16.6 Å². The number of carbonyl (C=O) groups excluding carboxylic acids is 3. The van der Waals surface area contributed by atoms with Crippen LogP contribution in [-0.2, 0) is 30.6 Å². The van der Waals surface area contributed by atoms with Gasteiger partial charge in [-0.2, -0.15) is 0 Å². The van der Waals surface area contributed by atoms with Crippen LogP contribution < -0.4 is 16.0 Å². The van der Waals surface area contributed by atoms with Crippen LogP contribution in [0.2, 0.25) is 0 Å². The third-order valence-electron chi connectivity index (χ3n) is 8.52. The zero-order chi connectivity index (χ0) is 31.0. The molecule has 2 fully saturated rings. The van der Waals surface area contributed by atoms with Crippen LogP contribution in [0.4, 0.5) is 5.69 Å². The van der Waals surface area contributed by atoms with Gasteiger partial charge in [0.15, 0.2) is 9.84 Å². The highest BCUT2D eigenvalue weighted by atomic mass is 32.2. The highest BCUT2D eigenvalue weighted by Gasteiger charge is 2.33. The molecule has 2 saturated heterocycles. The van der Waals surface area contributed by atoms with Crippen molar-refractivity contribution in [3.05, 3.63) is 59.7 Å². The van der Waals surface area contributed by atoms with Crippen LogP contribution in [0.25, 0.3) is 0 Å². The summed E-state index contributed by atoms with van der Waals surface area (Å²) in [6.45, 7) is 1.64. The number of anilines is 1. The lowest BCUT2D eigenvalue weighted by Gasteiger charge is -2.34. The van der Waals surface area contributed by atoms with E-state index in [1.807, 2.05) is 6.07 Å². The number of benzene rings is 2. The van der Waals surface area contributed by atoms with Gasteiger partial charge >= 0.3 is 0 Å². The minimum absolute atomic E-state index is 0.0174. The van der Waals surface area contributed by atoms with Gasteiger partial charge in [-0.25, -0.2) is 8.42 Å². The molecular weight excluding hydrogens is 566 g/mol. The quantitative estimate of drug-likeness (QED) is 0.248. The van der Waals surface area contributed by atoms with Crippen molar-refractivity contribution in [2.75, 3.05) is 37.3 Å². The first-order valence-corrected chi connectivity index (χ1v) is 16.8. The molecule has 2 aromatic rings. The van der Waals surface area contributed by atoms with E-state index in [-0.39, 0.29) is 40.6 Å². The van der Waals surface area contributed by atoms with Gasteiger partial charge in [-0.05, 0) is 80.7 Å². The number of amides is 3. The fraction of sp³-hybridized carbons (Fsp3) is 0.500. The second kappa shape index (κ2) is 14.6. The van der Waals surface area contributed by atoms with Crippen LogP contribution in [0.15, 0.2) is 53.4 Å². The van der Waals surface area contributed by atoms with E-state index in [0.29, 0.717) is 49.6 Å². The van der Waals surface area contributed by atoms with E-state index < -0.39 is 15.8 Å². The first-order chi connectivity index (χ1) is 20.6. The number of rotatable bonds is 12. The molecule has 0 bridgehead atoms. The minimum atomic E-state index is -3.89. The summed E-state index contributed by atoms with van der Waals surface area (Å²) in [7, 11) is -2.26. The number of likely N-dealkylation sites (tertiary alicyclic amines) is 1. The second-order valence-corrected chi connectivity index (χ2v) is 13.7. The Bertz CT molecular complexity index is 1440. The molecule has 3 amide bonds. The van der Waals surface area contributed by atoms with E-state index in [0.717, 1.165) is 44.1 Å². The van der Waals surface area contributed by atoms with Gasteiger partial charge in [0.1, 0.15) is 5.84 Å². The zero-order valence-electron chi connectivity index (χ0n) is 24.9. The largest absolute Gasteiger partial charge is 0.384 e. The Balaban J connectivity index is 1.52. The van der Waals surface area contributed by atoms with Gasteiger partial charge in [-0.3, -0.25) is 19.8 Å². The molecule has 0 saturated carbocycles. The highest BCUT2D eigenvalue weighted by Crippen LogP contribution is 2.28. The van der Waals surface area contributed by atoms with E-state index >= 15 is 0 Å². The van der Waals surface area contributed by atoms with Gasteiger partial charge in [0.2, 0.25) is 17.7 Å². The van der Waals surface area contributed by atoms with Crippen LogP contribution in [-0.4, -0.2) is 69.3 Å². The van der Waals surface area contributed by atoms with Crippen molar-refractivity contribution < 1.29 is 22.8 Å². The number of piperidine rings is 2.